The lowest BCUT2D eigenvalue weighted by Gasteiger charge is -2.50. The first kappa shape index (κ1) is 23.7. The maximum absolute atomic E-state index is 2.55. The highest BCUT2D eigenvalue weighted by molar-refractivity contribution is 7.04. The molecule has 0 bridgehead atoms. The molecule has 1 rings (SSSR count). The van der Waals surface area contributed by atoms with Crippen LogP contribution in [0.1, 0.15) is 83.1 Å². The summed E-state index contributed by atoms with van der Waals surface area (Å²) in [5.74, 6) is 0. The molecule has 0 aliphatic heterocycles. The van der Waals surface area contributed by atoms with Crippen molar-refractivity contribution < 1.29 is 0 Å². The van der Waals surface area contributed by atoms with Gasteiger partial charge in [-0.25, -0.2) is 0 Å². The molecular formula is C24H46Si2. The molecule has 0 nitrogen and oxygen atoms in total. The SMILES string of the molecule is CC(C)[Si](c1ccccc1[Si](C(C)C)(C(C)C)C(C)C)(C(C)C)C(C)C. The number of hydrogen-bond donors (Lipinski definition) is 0. The minimum Gasteiger partial charge on any atom is -0.0648 e. The van der Waals surface area contributed by atoms with Gasteiger partial charge in [0.15, 0.2) is 0 Å². The van der Waals surface area contributed by atoms with Gasteiger partial charge in [0.1, 0.15) is 0 Å². The lowest BCUT2D eigenvalue weighted by Crippen LogP contribution is -2.69. The highest BCUT2D eigenvalue weighted by Crippen LogP contribution is 2.44. The Hall–Kier alpha value is -0.346. The van der Waals surface area contributed by atoms with Crippen molar-refractivity contribution in [3.63, 3.8) is 0 Å². The van der Waals surface area contributed by atoms with E-state index in [0.717, 1.165) is 33.2 Å². The van der Waals surface area contributed by atoms with Gasteiger partial charge >= 0.3 is 0 Å². The van der Waals surface area contributed by atoms with Crippen LogP contribution in [0.25, 0.3) is 0 Å². The van der Waals surface area contributed by atoms with Gasteiger partial charge in [-0.1, -0.05) is 118 Å². The van der Waals surface area contributed by atoms with Crippen molar-refractivity contribution in [3.05, 3.63) is 24.3 Å². The Bertz CT molecular complexity index is 473. The van der Waals surface area contributed by atoms with E-state index >= 15 is 0 Å². The number of rotatable bonds is 8. The van der Waals surface area contributed by atoms with Gasteiger partial charge in [-0.15, -0.1) is 0 Å². The molecule has 0 heterocycles. The van der Waals surface area contributed by atoms with Gasteiger partial charge in [0, 0.05) is 0 Å². The Labute approximate surface area is 167 Å². The van der Waals surface area contributed by atoms with Crippen molar-refractivity contribution in [3.8, 4) is 0 Å². The summed E-state index contributed by atoms with van der Waals surface area (Å²) in [6.45, 7) is 30.1. The fourth-order valence-electron chi connectivity index (χ4n) is 7.10. The molecule has 0 spiro atoms. The zero-order chi connectivity index (χ0) is 20.4. The Morgan fingerprint density at radius 2 is 0.615 bits per heavy atom. The average molecular weight is 391 g/mol. The lowest BCUT2D eigenvalue weighted by molar-refractivity contribution is 0.827. The van der Waals surface area contributed by atoms with Gasteiger partial charge in [-0.2, -0.15) is 0 Å². The van der Waals surface area contributed by atoms with Crippen LogP contribution in [-0.4, -0.2) is 16.1 Å². The van der Waals surface area contributed by atoms with Crippen LogP contribution < -0.4 is 10.4 Å². The molecule has 0 unspecified atom stereocenters. The van der Waals surface area contributed by atoms with E-state index in [1.54, 1.807) is 0 Å². The fraction of sp³-hybridized carbons (Fsp3) is 0.750. The standard InChI is InChI=1S/C24H46Si2/c1-17(2)25(18(3)4,19(5)6)23-15-13-14-16-24(23)26(20(7)8,21(9)10)22(11)12/h13-22H,1-12H3. The monoisotopic (exact) mass is 390 g/mol. The largest absolute Gasteiger partial charge is 0.0940 e. The van der Waals surface area contributed by atoms with Crippen LogP contribution in [0.2, 0.25) is 33.2 Å². The molecule has 150 valence electrons. The molecule has 2 heteroatoms. The summed E-state index contributed by atoms with van der Waals surface area (Å²) >= 11 is 0. The first-order valence-corrected chi connectivity index (χ1v) is 15.5. The van der Waals surface area contributed by atoms with Gasteiger partial charge in [0.05, 0.1) is 16.1 Å². The third-order valence-electron chi connectivity index (χ3n) is 7.59. The predicted octanol–water partition coefficient (Wildman–Crippen LogP) is 7.46. The Kier molecular flexibility index (Phi) is 7.99. The van der Waals surface area contributed by atoms with Crippen LogP contribution in [-0.2, 0) is 0 Å². The quantitative estimate of drug-likeness (QED) is 0.404. The topological polar surface area (TPSA) is 0 Å². The van der Waals surface area contributed by atoms with Gasteiger partial charge in [-0.3, -0.25) is 0 Å². The van der Waals surface area contributed by atoms with Crippen LogP contribution in [0.4, 0.5) is 0 Å². The Morgan fingerprint density at radius 1 is 0.423 bits per heavy atom. The molecule has 0 radical (unpaired) electrons. The molecule has 0 saturated heterocycles. The maximum atomic E-state index is 2.55. The second-order valence-corrected chi connectivity index (χ2v) is 22.1. The predicted molar refractivity (Wildman–Crippen MR) is 128 cm³/mol. The summed E-state index contributed by atoms with van der Waals surface area (Å²) in [7, 11) is -3.32. The van der Waals surface area contributed by atoms with Gasteiger partial charge in [-0.05, 0) is 33.2 Å². The van der Waals surface area contributed by atoms with Gasteiger partial charge in [0.2, 0.25) is 0 Å². The van der Waals surface area contributed by atoms with Gasteiger partial charge < -0.3 is 0 Å². The molecule has 0 amide bonds. The zero-order valence-electron chi connectivity index (χ0n) is 19.8. The fourth-order valence-corrected chi connectivity index (χ4v) is 22.0. The maximum Gasteiger partial charge on any atom is 0.0940 e. The third kappa shape index (κ3) is 3.53. The zero-order valence-corrected chi connectivity index (χ0v) is 21.8. The van der Waals surface area contributed by atoms with E-state index in [1.165, 1.54) is 0 Å². The van der Waals surface area contributed by atoms with Crippen LogP contribution in [0.15, 0.2) is 24.3 Å². The molecule has 0 N–H and O–H groups in total. The van der Waals surface area contributed by atoms with Crippen molar-refractivity contribution in [1.29, 1.82) is 0 Å². The Balaban J connectivity index is 4.00. The van der Waals surface area contributed by atoms with Gasteiger partial charge in [0.25, 0.3) is 0 Å². The minimum atomic E-state index is -1.66. The van der Waals surface area contributed by atoms with E-state index in [2.05, 4.69) is 107 Å². The van der Waals surface area contributed by atoms with Crippen LogP contribution >= 0.6 is 0 Å². The molecule has 0 atom stereocenters. The molecule has 0 aliphatic carbocycles. The smallest absolute Gasteiger partial charge is 0.0648 e. The van der Waals surface area contributed by atoms with E-state index in [0.29, 0.717) is 0 Å². The van der Waals surface area contributed by atoms with Crippen molar-refractivity contribution in [2.75, 3.05) is 0 Å². The number of benzene rings is 1. The van der Waals surface area contributed by atoms with Crippen molar-refractivity contribution in [2.24, 2.45) is 0 Å². The van der Waals surface area contributed by atoms with Crippen LogP contribution in [0.5, 0.6) is 0 Å². The number of hydrogen-bond acceptors (Lipinski definition) is 0. The second kappa shape index (κ2) is 8.77. The Morgan fingerprint density at radius 3 is 0.769 bits per heavy atom. The van der Waals surface area contributed by atoms with E-state index < -0.39 is 16.1 Å². The summed E-state index contributed by atoms with van der Waals surface area (Å²) < 4.78 is 0. The summed E-state index contributed by atoms with van der Waals surface area (Å²) in [4.78, 5) is 0. The molecule has 0 fully saturated rings. The summed E-state index contributed by atoms with van der Waals surface area (Å²) in [5, 5.41) is 3.62. The van der Waals surface area contributed by atoms with E-state index in [4.69, 9.17) is 0 Å². The first-order chi connectivity index (χ1) is 11.9. The van der Waals surface area contributed by atoms with Crippen molar-refractivity contribution in [1.82, 2.24) is 0 Å². The molecule has 1 aromatic carbocycles. The highest BCUT2D eigenvalue weighted by Gasteiger charge is 2.51. The van der Waals surface area contributed by atoms with Crippen LogP contribution in [0.3, 0.4) is 0 Å². The average Bonchev–Trinajstić information content (AvgIpc) is 2.47. The molecule has 26 heavy (non-hydrogen) atoms. The molecule has 1 aromatic rings. The molecular weight excluding hydrogens is 344 g/mol. The first-order valence-electron chi connectivity index (χ1n) is 11.0. The van der Waals surface area contributed by atoms with E-state index in [1.807, 2.05) is 10.4 Å². The normalized spacial score (nSPS) is 13.9. The van der Waals surface area contributed by atoms with Crippen molar-refractivity contribution >= 4 is 26.5 Å². The molecule has 0 aromatic heterocycles. The minimum absolute atomic E-state index is 0.766. The third-order valence-corrected chi connectivity index (χ3v) is 22.0. The van der Waals surface area contributed by atoms with E-state index in [9.17, 15) is 0 Å². The molecule has 0 saturated carbocycles. The summed E-state index contributed by atoms with van der Waals surface area (Å²) in [6, 6.07) is 9.76. The summed E-state index contributed by atoms with van der Waals surface area (Å²) in [5.41, 5.74) is 4.59. The van der Waals surface area contributed by atoms with Crippen LogP contribution in [0, 0.1) is 0 Å². The van der Waals surface area contributed by atoms with E-state index in [-0.39, 0.29) is 0 Å². The summed E-state index contributed by atoms with van der Waals surface area (Å²) in [6.07, 6.45) is 0. The lowest BCUT2D eigenvalue weighted by atomic mass is 10.3. The highest BCUT2D eigenvalue weighted by atomic mass is 28.3. The second-order valence-electron chi connectivity index (χ2n) is 10.3. The molecule has 0 aliphatic rings. The van der Waals surface area contributed by atoms with Crippen molar-refractivity contribution in [2.45, 2.75) is 116 Å².